The Morgan fingerprint density at radius 3 is 2.65 bits per heavy atom. The van der Waals surface area contributed by atoms with E-state index in [1.165, 1.54) is 0 Å². The van der Waals surface area contributed by atoms with Crippen LogP contribution in [0.1, 0.15) is 31.1 Å². The molecule has 0 N–H and O–H groups in total. The Bertz CT molecular complexity index is 567. The topological polar surface area (TPSA) is 36.3 Å². The molecule has 0 aliphatic rings. The first kappa shape index (κ1) is 14.9. The summed E-state index contributed by atoms with van der Waals surface area (Å²) in [6.07, 6.45) is 1.97. The fourth-order valence-corrected chi connectivity index (χ4v) is 2.16. The predicted octanol–water partition coefficient (Wildman–Crippen LogP) is 3.95. The number of methoxy groups -OCH3 is 1. The predicted molar refractivity (Wildman–Crippen MR) is 82.6 cm³/mol. The maximum atomic E-state index is 5.79. The lowest BCUT2D eigenvalue weighted by Crippen LogP contribution is -2.04. The van der Waals surface area contributed by atoms with Gasteiger partial charge in [-0.3, -0.25) is 4.68 Å². The van der Waals surface area contributed by atoms with Gasteiger partial charge in [0.15, 0.2) is 11.5 Å². The van der Waals surface area contributed by atoms with Crippen molar-refractivity contribution < 1.29 is 9.47 Å². The molecule has 2 rings (SSSR count). The van der Waals surface area contributed by atoms with Gasteiger partial charge < -0.3 is 9.47 Å². The molecule has 5 heteroatoms. The molecule has 20 heavy (non-hydrogen) atoms. The molecule has 0 atom stereocenters. The van der Waals surface area contributed by atoms with Crippen LogP contribution in [0.3, 0.4) is 0 Å². The molecule has 0 aliphatic heterocycles. The fourth-order valence-electron chi connectivity index (χ4n) is 1.81. The summed E-state index contributed by atoms with van der Waals surface area (Å²) in [5, 5.41) is 5.25. The van der Waals surface area contributed by atoms with Crippen LogP contribution in [-0.4, -0.2) is 16.9 Å². The zero-order valence-electron chi connectivity index (χ0n) is 12.0. The summed E-state index contributed by atoms with van der Waals surface area (Å²) >= 11 is 3.43. The zero-order chi connectivity index (χ0) is 14.5. The second-order valence-corrected chi connectivity index (χ2v) is 5.35. The van der Waals surface area contributed by atoms with E-state index in [0.29, 0.717) is 12.6 Å². The third kappa shape index (κ3) is 3.54. The van der Waals surface area contributed by atoms with Crippen LogP contribution in [0.15, 0.2) is 30.5 Å². The molecule has 0 saturated heterocycles. The van der Waals surface area contributed by atoms with Crippen LogP contribution in [0.2, 0.25) is 0 Å². The number of hydrogen-bond donors (Lipinski definition) is 0. The van der Waals surface area contributed by atoms with Crippen LogP contribution in [0, 0.1) is 0 Å². The quantitative estimate of drug-likeness (QED) is 0.748. The zero-order valence-corrected chi connectivity index (χ0v) is 13.6. The molecule has 108 valence electrons. The van der Waals surface area contributed by atoms with Gasteiger partial charge in [0.25, 0.3) is 0 Å². The summed E-state index contributed by atoms with van der Waals surface area (Å²) in [5.74, 6) is 1.47. The highest BCUT2D eigenvalue weighted by Gasteiger charge is 2.07. The third-order valence-electron chi connectivity index (χ3n) is 2.95. The molecular weight excluding hydrogens is 320 g/mol. The van der Waals surface area contributed by atoms with Crippen LogP contribution in [-0.2, 0) is 11.9 Å². The SMILES string of the molecule is COc1cc(CBr)ccc1OCc1ccn(C(C)C)n1. The number of ether oxygens (including phenoxy) is 2. The van der Waals surface area contributed by atoms with Crippen molar-refractivity contribution in [3.8, 4) is 11.5 Å². The standard InChI is InChI=1S/C15H19BrN2O2/c1-11(2)18-7-6-13(17-18)10-20-14-5-4-12(9-16)8-15(14)19-3/h4-8,11H,9-10H2,1-3H3. The Morgan fingerprint density at radius 1 is 1.25 bits per heavy atom. The van der Waals surface area contributed by atoms with E-state index >= 15 is 0 Å². The number of alkyl halides is 1. The molecule has 0 fully saturated rings. The minimum Gasteiger partial charge on any atom is -0.493 e. The highest BCUT2D eigenvalue weighted by atomic mass is 79.9. The normalized spacial score (nSPS) is 10.8. The molecule has 1 aromatic heterocycles. The van der Waals surface area contributed by atoms with Gasteiger partial charge in [-0.25, -0.2) is 0 Å². The molecule has 1 heterocycles. The Hall–Kier alpha value is -1.49. The first-order valence-corrected chi connectivity index (χ1v) is 7.66. The molecule has 2 aromatic rings. The van der Waals surface area contributed by atoms with E-state index < -0.39 is 0 Å². The van der Waals surface area contributed by atoms with Gasteiger partial charge in [0, 0.05) is 17.6 Å². The van der Waals surface area contributed by atoms with E-state index in [2.05, 4.69) is 34.9 Å². The van der Waals surface area contributed by atoms with Crippen molar-refractivity contribution in [1.82, 2.24) is 9.78 Å². The Morgan fingerprint density at radius 2 is 2.05 bits per heavy atom. The molecular formula is C15H19BrN2O2. The first-order chi connectivity index (χ1) is 9.63. The number of aromatic nitrogens is 2. The average Bonchev–Trinajstić information content (AvgIpc) is 2.94. The number of nitrogens with zero attached hydrogens (tertiary/aromatic N) is 2. The van der Waals surface area contributed by atoms with Crippen molar-refractivity contribution in [3.05, 3.63) is 41.7 Å². The smallest absolute Gasteiger partial charge is 0.161 e. The van der Waals surface area contributed by atoms with Gasteiger partial charge in [-0.15, -0.1) is 0 Å². The summed E-state index contributed by atoms with van der Waals surface area (Å²) in [6, 6.07) is 8.24. The van der Waals surface area contributed by atoms with Gasteiger partial charge >= 0.3 is 0 Å². The van der Waals surface area contributed by atoms with E-state index in [9.17, 15) is 0 Å². The van der Waals surface area contributed by atoms with Crippen molar-refractivity contribution in [2.45, 2.75) is 31.8 Å². The Kier molecular flexibility index (Phi) is 5.06. The van der Waals surface area contributed by atoms with Gasteiger partial charge in [0.1, 0.15) is 6.61 Å². The molecule has 0 bridgehead atoms. The molecule has 4 nitrogen and oxygen atoms in total. The van der Waals surface area contributed by atoms with Gasteiger partial charge in [0.05, 0.1) is 12.8 Å². The van der Waals surface area contributed by atoms with Gasteiger partial charge in [0.2, 0.25) is 0 Å². The lowest BCUT2D eigenvalue weighted by Gasteiger charge is -2.11. The molecule has 0 amide bonds. The monoisotopic (exact) mass is 338 g/mol. The van der Waals surface area contributed by atoms with Crippen molar-refractivity contribution in [3.63, 3.8) is 0 Å². The lowest BCUT2D eigenvalue weighted by atomic mass is 10.2. The first-order valence-electron chi connectivity index (χ1n) is 6.53. The number of hydrogen-bond acceptors (Lipinski definition) is 3. The minimum absolute atomic E-state index is 0.358. The maximum absolute atomic E-state index is 5.79. The van der Waals surface area contributed by atoms with Gasteiger partial charge in [-0.1, -0.05) is 22.0 Å². The molecule has 0 aliphatic carbocycles. The van der Waals surface area contributed by atoms with Crippen molar-refractivity contribution >= 4 is 15.9 Å². The molecule has 0 radical (unpaired) electrons. The van der Waals surface area contributed by atoms with Crippen LogP contribution < -0.4 is 9.47 Å². The molecule has 0 saturated carbocycles. The molecule has 0 unspecified atom stereocenters. The second-order valence-electron chi connectivity index (χ2n) is 4.79. The summed E-state index contributed by atoms with van der Waals surface area (Å²) < 4.78 is 13.1. The fraction of sp³-hybridized carbons (Fsp3) is 0.400. The van der Waals surface area contributed by atoms with E-state index in [1.54, 1.807) is 7.11 Å². The van der Waals surface area contributed by atoms with E-state index in [0.717, 1.165) is 28.1 Å². The van der Waals surface area contributed by atoms with Crippen molar-refractivity contribution in [2.24, 2.45) is 0 Å². The highest BCUT2D eigenvalue weighted by Crippen LogP contribution is 2.29. The van der Waals surface area contributed by atoms with E-state index in [1.807, 2.05) is 35.1 Å². The summed E-state index contributed by atoms with van der Waals surface area (Å²) in [7, 11) is 1.65. The van der Waals surface area contributed by atoms with E-state index in [4.69, 9.17) is 9.47 Å². The molecule has 0 spiro atoms. The molecule has 1 aromatic carbocycles. The summed E-state index contributed by atoms with van der Waals surface area (Å²) in [6.45, 7) is 4.63. The number of rotatable bonds is 6. The van der Waals surface area contributed by atoms with Gasteiger partial charge in [-0.2, -0.15) is 5.10 Å². The number of benzene rings is 1. The van der Waals surface area contributed by atoms with Gasteiger partial charge in [-0.05, 0) is 37.6 Å². The van der Waals surface area contributed by atoms with Crippen LogP contribution in [0.4, 0.5) is 0 Å². The van der Waals surface area contributed by atoms with Crippen LogP contribution in [0.5, 0.6) is 11.5 Å². The van der Waals surface area contributed by atoms with Crippen LogP contribution in [0.25, 0.3) is 0 Å². The Labute approximate surface area is 127 Å². The summed E-state index contributed by atoms with van der Waals surface area (Å²) in [4.78, 5) is 0. The van der Waals surface area contributed by atoms with E-state index in [-0.39, 0.29) is 0 Å². The maximum Gasteiger partial charge on any atom is 0.161 e. The highest BCUT2D eigenvalue weighted by molar-refractivity contribution is 9.08. The summed E-state index contributed by atoms with van der Waals surface area (Å²) in [5.41, 5.74) is 2.06. The van der Waals surface area contributed by atoms with Crippen molar-refractivity contribution in [1.29, 1.82) is 0 Å². The average molecular weight is 339 g/mol. The minimum atomic E-state index is 0.358. The third-order valence-corrected chi connectivity index (χ3v) is 3.60. The van der Waals surface area contributed by atoms with Crippen molar-refractivity contribution in [2.75, 3.05) is 7.11 Å². The second kappa shape index (κ2) is 6.79. The lowest BCUT2D eigenvalue weighted by molar-refractivity contribution is 0.278. The largest absolute Gasteiger partial charge is 0.493 e. The number of halogens is 1. The van der Waals surface area contributed by atoms with Crippen LogP contribution >= 0.6 is 15.9 Å². The Balaban J connectivity index is 2.06.